The van der Waals surface area contributed by atoms with Gasteiger partial charge in [0.2, 0.25) is 0 Å². The molecule has 0 bridgehead atoms. The highest BCUT2D eigenvalue weighted by atomic mass is 16.5. The van der Waals surface area contributed by atoms with Gasteiger partial charge < -0.3 is 14.8 Å². The molecule has 2 aromatic rings. The van der Waals surface area contributed by atoms with E-state index in [1.807, 2.05) is 20.9 Å². The Kier molecular flexibility index (Phi) is 4.70. The molecule has 118 valence electrons. The molecule has 0 saturated heterocycles. The van der Waals surface area contributed by atoms with Crippen molar-refractivity contribution < 1.29 is 14.3 Å². The van der Waals surface area contributed by atoms with Crippen molar-refractivity contribution in [2.75, 3.05) is 14.2 Å². The molecular weight excluding hydrogens is 282 g/mol. The second-order valence-corrected chi connectivity index (χ2v) is 5.07. The van der Waals surface area contributed by atoms with E-state index < -0.39 is 0 Å². The molecule has 0 unspecified atom stereocenters. The zero-order chi connectivity index (χ0) is 16.3. The van der Waals surface area contributed by atoms with Crippen LogP contribution in [0.3, 0.4) is 0 Å². The minimum Gasteiger partial charge on any atom is -0.493 e. The van der Waals surface area contributed by atoms with Crippen LogP contribution in [-0.2, 0) is 7.05 Å². The molecule has 0 aliphatic carbocycles. The summed E-state index contributed by atoms with van der Waals surface area (Å²) in [5, 5.41) is 7.16. The van der Waals surface area contributed by atoms with Crippen molar-refractivity contribution in [2.45, 2.75) is 19.9 Å². The molecule has 0 fully saturated rings. The predicted octanol–water partition coefficient (Wildman–Crippen LogP) is 2.24. The number of aryl methyl sites for hydroxylation is 1. The van der Waals surface area contributed by atoms with Gasteiger partial charge in [-0.3, -0.25) is 9.48 Å². The molecule has 6 heteroatoms. The van der Waals surface area contributed by atoms with E-state index in [2.05, 4.69) is 10.4 Å². The van der Waals surface area contributed by atoms with Gasteiger partial charge in [0, 0.05) is 23.9 Å². The van der Waals surface area contributed by atoms with E-state index in [1.165, 1.54) is 0 Å². The molecule has 22 heavy (non-hydrogen) atoms. The van der Waals surface area contributed by atoms with E-state index in [1.54, 1.807) is 43.3 Å². The summed E-state index contributed by atoms with van der Waals surface area (Å²) in [5.74, 6) is 0.951. The van der Waals surface area contributed by atoms with Crippen LogP contribution in [0, 0.1) is 6.92 Å². The Balaban J connectivity index is 2.17. The van der Waals surface area contributed by atoms with Gasteiger partial charge in [-0.25, -0.2) is 0 Å². The van der Waals surface area contributed by atoms with Crippen LogP contribution in [0.15, 0.2) is 24.4 Å². The quantitative estimate of drug-likeness (QED) is 0.920. The second kappa shape index (κ2) is 6.51. The first kappa shape index (κ1) is 15.9. The van der Waals surface area contributed by atoms with Gasteiger partial charge in [0.25, 0.3) is 5.91 Å². The van der Waals surface area contributed by atoms with Crippen LogP contribution in [0.1, 0.15) is 34.6 Å². The van der Waals surface area contributed by atoms with Gasteiger partial charge in [-0.1, -0.05) is 0 Å². The van der Waals surface area contributed by atoms with E-state index >= 15 is 0 Å². The third kappa shape index (κ3) is 3.05. The van der Waals surface area contributed by atoms with Crippen molar-refractivity contribution >= 4 is 5.91 Å². The van der Waals surface area contributed by atoms with Gasteiger partial charge in [-0.2, -0.15) is 5.10 Å². The summed E-state index contributed by atoms with van der Waals surface area (Å²) >= 11 is 0. The molecule has 1 atom stereocenters. The Morgan fingerprint density at radius 2 is 1.95 bits per heavy atom. The Morgan fingerprint density at radius 3 is 2.50 bits per heavy atom. The van der Waals surface area contributed by atoms with Crippen LogP contribution in [0.25, 0.3) is 0 Å². The summed E-state index contributed by atoms with van der Waals surface area (Å²) < 4.78 is 12.2. The SMILES string of the molecule is COc1ccc(C(=O)N[C@@H](C)c2cnn(C)c2C)cc1OC. The molecule has 0 spiro atoms. The largest absolute Gasteiger partial charge is 0.493 e. The maximum absolute atomic E-state index is 12.4. The Hall–Kier alpha value is -2.50. The summed E-state index contributed by atoms with van der Waals surface area (Å²) in [4.78, 5) is 12.4. The van der Waals surface area contributed by atoms with Crippen molar-refractivity contribution in [3.8, 4) is 11.5 Å². The summed E-state index contributed by atoms with van der Waals surface area (Å²) in [6.45, 7) is 3.91. The number of rotatable bonds is 5. The highest BCUT2D eigenvalue weighted by Crippen LogP contribution is 2.27. The lowest BCUT2D eigenvalue weighted by Crippen LogP contribution is -2.27. The highest BCUT2D eigenvalue weighted by Gasteiger charge is 2.17. The fourth-order valence-electron chi connectivity index (χ4n) is 2.28. The number of methoxy groups -OCH3 is 2. The molecule has 2 rings (SSSR count). The molecule has 1 heterocycles. The normalized spacial score (nSPS) is 11.9. The topological polar surface area (TPSA) is 65.4 Å². The van der Waals surface area contributed by atoms with Crippen LogP contribution in [0.5, 0.6) is 11.5 Å². The monoisotopic (exact) mass is 303 g/mol. The van der Waals surface area contributed by atoms with Gasteiger partial charge in [0.05, 0.1) is 26.5 Å². The number of amides is 1. The molecule has 1 amide bonds. The van der Waals surface area contributed by atoms with E-state index in [0.29, 0.717) is 17.1 Å². The van der Waals surface area contributed by atoms with Gasteiger partial charge in [-0.05, 0) is 32.0 Å². The highest BCUT2D eigenvalue weighted by molar-refractivity contribution is 5.95. The first-order chi connectivity index (χ1) is 10.5. The molecular formula is C16H21N3O3. The fourth-order valence-corrected chi connectivity index (χ4v) is 2.28. The first-order valence-electron chi connectivity index (χ1n) is 6.99. The third-order valence-electron chi connectivity index (χ3n) is 3.73. The smallest absolute Gasteiger partial charge is 0.251 e. The Morgan fingerprint density at radius 1 is 1.27 bits per heavy atom. The number of carbonyl (C=O) groups excluding carboxylic acids is 1. The Bertz CT molecular complexity index is 679. The van der Waals surface area contributed by atoms with Crippen molar-refractivity contribution in [2.24, 2.45) is 7.05 Å². The number of carbonyl (C=O) groups is 1. The minimum absolute atomic E-state index is 0.130. The lowest BCUT2D eigenvalue weighted by Gasteiger charge is -2.15. The van der Waals surface area contributed by atoms with Crippen LogP contribution in [0.4, 0.5) is 0 Å². The number of nitrogens with zero attached hydrogens (tertiary/aromatic N) is 2. The summed E-state index contributed by atoms with van der Waals surface area (Å²) in [7, 11) is 4.98. The van der Waals surface area contributed by atoms with Crippen LogP contribution >= 0.6 is 0 Å². The number of aromatic nitrogens is 2. The second-order valence-electron chi connectivity index (χ2n) is 5.07. The average molecular weight is 303 g/mol. The maximum atomic E-state index is 12.4. The van der Waals surface area contributed by atoms with Crippen LogP contribution < -0.4 is 14.8 Å². The number of ether oxygens (including phenoxy) is 2. The van der Waals surface area contributed by atoms with E-state index in [9.17, 15) is 4.79 Å². The van der Waals surface area contributed by atoms with Crippen molar-refractivity contribution in [1.82, 2.24) is 15.1 Å². The molecule has 0 radical (unpaired) electrons. The van der Waals surface area contributed by atoms with Gasteiger partial charge in [0.15, 0.2) is 11.5 Å². The number of benzene rings is 1. The Labute approximate surface area is 130 Å². The van der Waals surface area contributed by atoms with Gasteiger partial charge in [0.1, 0.15) is 0 Å². The molecule has 0 aliphatic heterocycles. The zero-order valence-corrected chi connectivity index (χ0v) is 13.5. The standard InChI is InChI=1S/C16H21N3O3/c1-10(13-9-17-19(3)11(13)2)18-16(20)12-6-7-14(21-4)15(8-12)22-5/h6-10H,1-5H3,(H,18,20)/t10-/m0/s1. The third-order valence-corrected chi connectivity index (χ3v) is 3.73. The van der Waals surface area contributed by atoms with Gasteiger partial charge in [-0.15, -0.1) is 0 Å². The molecule has 6 nitrogen and oxygen atoms in total. The summed E-state index contributed by atoms with van der Waals surface area (Å²) in [5.41, 5.74) is 2.54. The fraction of sp³-hybridized carbons (Fsp3) is 0.375. The lowest BCUT2D eigenvalue weighted by atomic mass is 10.1. The number of hydrogen-bond acceptors (Lipinski definition) is 4. The summed E-state index contributed by atoms with van der Waals surface area (Å²) in [6, 6.07) is 4.96. The van der Waals surface area contributed by atoms with Crippen molar-refractivity contribution in [3.05, 3.63) is 41.2 Å². The lowest BCUT2D eigenvalue weighted by molar-refractivity contribution is 0.0939. The number of nitrogens with one attached hydrogen (secondary N) is 1. The van der Waals surface area contributed by atoms with E-state index in [0.717, 1.165) is 11.3 Å². The summed E-state index contributed by atoms with van der Waals surface area (Å²) in [6.07, 6.45) is 1.77. The molecule has 1 aromatic carbocycles. The maximum Gasteiger partial charge on any atom is 0.251 e. The van der Waals surface area contributed by atoms with E-state index in [-0.39, 0.29) is 11.9 Å². The van der Waals surface area contributed by atoms with Gasteiger partial charge >= 0.3 is 0 Å². The average Bonchev–Trinajstić information content (AvgIpc) is 2.86. The minimum atomic E-state index is -0.170. The van der Waals surface area contributed by atoms with Crippen molar-refractivity contribution in [1.29, 1.82) is 0 Å². The zero-order valence-electron chi connectivity index (χ0n) is 13.5. The van der Waals surface area contributed by atoms with Crippen molar-refractivity contribution in [3.63, 3.8) is 0 Å². The van der Waals surface area contributed by atoms with Crippen LogP contribution in [-0.4, -0.2) is 29.9 Å². The molecule has 1 aromatic heterocycles. The molecule has 0 saturated carbocycles. The molecule has 1 N–H and O–H groups in total. The number of hydrogen-bond donors (Lipinski definition) is 1. The first-order valence-corrected chi connectivity index (χ1v) is 6.99. The van der Waals surface area contributed by atoms with E-state index in [4.69, 9.17) is 9.47 Å². The molecule has 0 aliphatic rings. The predicted molar refractivity (Wildman–Crippen MR) is 83.4 cm³/mol. The van der Waals surface area contributed by atoms with Crippen LogP contribution in [0.2, 0.25) is 0 Å².